The van der Waals surface area contributed by atoms with Crippen molar-refractivity contribution in [1.82, 2.24) is 4.98 Å². The molecule has 0 aliphatic heterocycles. The summed E-state index contributed by atoms with van der Waals surface area (Å²) in [6, 6.07) is 12.8. The van der Waals surface area contributed by atoms with Crippen LogP contribution in [0.25, 0.3) is 22.2 Å². The lowest BCUT2D eigenvalue weighted by Crippen LogP contribution is -1.98. The largest absolute Gasteiger partial charge is 0.497 e. The number of benzene rings is 2. The Balaban J connectivity index is 2.24. The molecule has 3 aromatic rings. The summed E-state index contributed by atoms with van der Waals surface area (Å²) in [5, 5.41) is 1.18. The number of carbonyl (C=O) groups is 1. The van der Waals surface area contributed by atoms with Crippen molar-refractivity contribution in [3.63, 3.8) is 0 Å². The molecule has 0 atom stereocenters. The number of methoxy groups -OCH3 is 2. The molecule has 5 heteroatoms. The Labute approximate surface area is 145 Å². The Morgan fingerprint density at radius 1 is 1.04 bits per heavy atom. The fourth-order valence-corrected chi connectivity index (χ4v) is 2.82. The van der Waals surface area contributed by atoms with Gasteiger partial charge in [-0.25, -0.2) is 4.98 Å². The van der Waals surface area contributed by atoms with Gasteiger partial charge in [-0.15, -0.1) is 0 Å². The van der Waals surface area contributed by atoms with E-state index < -0.39 is 0 Å². The molecule has 0 N–H and O–H groups in total. The number of Topliss-reactive ketones (excluding diaryl/α,β-unsaturated/α-hetero) is 1. The number of ether oxygens (including phenoxy) is 2. The highest BCUT2D eigenvalue weighted by Crippen LogP contribution is 2.33. The number of rotatable bonds is 4. The van der Waals surface area contributed by atoms with Gasteiger partial charge >= 0.3 is 0 Å². The van der Waals surface area contributed by atoms with E-state index in [2.05, 4.69) is 4.98 Å². The van der Waals surface area contributed by atoms with Crippen LogP contribution < -0.4 is 9.47 Å². The first kappa shape index (κ1) is 16.3. The number of aromatic nitrogens is 1. The van der Waals surface area contributed by atoms with Crippen LogP contribution in [-0.4, -0.2) is 25.0 Å². The summed E-state index contributed by atoms with van der Waals surface area (Å²) in [5.74, 6) is 1.24. The van der Waals surface area contributed by atoms with Crippen molar-refractivity contribution in [2.24, 2.45) is 0 Å². The standard InChI is InChI=1S/C19H16ClNO3/c1-11(22)14-8-17(12-4-6-13(23-2)7-5-12)21-18-10-16(20)19(24-3)9-15(14)18/h4-10H,1-3H3. The zero-order chi connectivity index (χ0) is 17.3. The molecule has 0 saturated carbocycles. The highest BCUT2D eigenvalue weighted by Gasteiger charge is 2.14. The molecule has 2 aromatic carbocycles. The van der Waals surface area contributed by atoms with Crippen molar-refractivity contribution in [2.45, 2.75) is 6.92 Å². The summed E-state index contributed by atoms with van der Waals surface area (Å²) < 4.78 is 10.4. The molecule has 1 aromatic heterocycles. The van der Waals surface area contributed by atoms with Crippen LogP contribution in [-0.2, 0) is 0 Å². The second-order valence-corrected chi connectivity index (χ2v) is 5.75. The van der Waals surface area contributed by atoms with Crippen LogP contribution >= 0.6 is 11.6 Å². The zero-order valence-corrected chi connectivity index (χ0v) is 14.3. The molecular weight excluding hydrogens is 326 g/mol. The predicted molar refractivity (Wildman–Crippen MR) is 95.3 cm³/mol. The van der Waals surface area contributed by atoms with E-state index in [1.165, 1.54) is 6.92 Å². The Morgan fingerprint density at radius 3 is 2.33 bits per heavy atom. The van der Waals surface area contributed by atoms with E-state index in [0.29, 0.717) is 27.5 Å². The lowest BCUT2D eigenvalue weighted by molar-refractivity contribution is 0.101. The third-order valence-electron chi connectivity index (χ3n) is 3.85. The first-order chi connectivity index (χ1) is 11.5. The zero-order valence-electron chi connectivity index (χ0n) is 13.6. The average Bonchev–Trinajstić information content (AvgIpc) is 2.60. The summed E-state index contributed by atoms with van der Waals surface area (Å²) >= 11 is 6.21. The van der Waals surface area contributed by atoms with Crippen LogP contribution in [0.2, 0.25) is 5.02 Å². The Kier molecular flexibility index (Phi) is 4.40. The molecule has 1 heterocycles. The van der Waals surface area contributed by atoms with E-state index in [4.69, 9.17) is 21.1 Å². The molecule has 3 rings (SSSR count). The number of carbonyl (C=O) groups excluding carboxylic acids is 1. The van der Waals surface area contributed by atoms with Gasteiger partial charge < -0.3 is 9.47 Å². The fourth-order valence-electron chi connectivity index (χ4n) is 2.59. The van der Waals surface area contributed by atoms with Crippen molar-refractivity contribution < 1.29 is 14.3 Å². The second kappa shape index (κ2) is 6.49. The van der Waals surface area contributed by atoms with Gasteiger partial charge in [0.15, 0.2) is 5.78 Å². The van der Waals surface area contributed by atoms with Crippen molar-refractivity contribution in [1.29, 1.82) is 0 Å². The molecule has 0 saturated heterocycles. The van der Waals surface area contributed by atoms with E-state index >= 15 is 0 Å². The maximum Gasteiger partial charge on any atom is 0.160 e. The van der Waals surface area contributed by atoms with E-state index in [0.717, 1.165) is 16.7 Å². The molecular formula is C19H16ClNO3. The first-order valence-electron chi connectivity index (χ1n) is 7.37. The predicted octanol–water partition coefficient (Wildman–Crippen LogP) is 4.78. The molecule has 0 radical (unpaired) electrons. The summed E-state index contributed by atoms with van der Waals surface area (Å²) in [6.07, 6.45) is 0. The number of fused-ring (bicyclic) bond motifs is 1. The van der Waals surface area contributed by atoms with E-state index in [9.17, 15) is 4.79 Å². The Morgan fingerprint density at radius 2 is 1.75 bits per heavy atom. The summed E-state index contributed by atoms with van der Waals surface area (Å²) in [5.41, 5.74) is 2.84. The SMILES string of the molecule is COc1ccc(-c2cc(C(C)=O)c3cc(OC)c(Cl)cc3n2)cc1. The van der Waals surface area contributed by atoms with Gasteiger partial charge in [-0.05, 0) is 49.4 Å². The van der Waals surface area contributed by atoms with Crippen molar-refractivity contribution >= 4 is 28.3 Å². The van der Waals surface area contributed by atoms with Crippen LogP contribution in [0.3, 0.4) is 0 Å². The maximum atomic E-state index is 12.1. The van der Waals surface area contributed by atoms with Crippen LogP contribution in [0.4, 0.5) is 0 Å². The molecule has 0 amide bonds. The number of ketones is 1. The molecule has 0 spiro atoms. The van der Waals surface area contributed by atoms with Gasteiger partial charge in [-0.2, -0.15) is 0 Å². The lowest BCUT2D eigenvalue weighted by atomic mass is 10.0. The average molecular weight is 342 g/mol. The number of hydrogen-bond acceptors (Lipinski definition) is 4. The van der Waals surface area contributed by atoms with E-state index in [1.807, 2.05) is 24.3 Å². The van der Waals surface area contributed by atoms with Crippen molar-refractivity contribution in [2.75, 3.05) is 14.2 Å². The number of nitrogens with zero attached hydrogens (tertiary/aromatic N) is 1. The van der Waals surface area contributed by atoms with Crippen LogP contribution in [0.5, 0.6) is 11.5 Å². The van der Waals surface area contributed by atoms with Gasteiger partial charge in [0.25, 0.3) is 0 Å². The molecule has 122 valence electrons. The molecule has 24 heavy (non-hydrogen) atoms. The Hall–Kier alpha value is -2.59. The summed E-state index contributed by atoms with van der Waals surface area (Å²) in [7, 11) is 3.16. The summed E-state index contributed by atoms with van der Waals surface area (Å²) in [4.78, 5) is 16.8. The summed E-state index contributed by atoms with van der Waals surface area (Å²) in [6.45, 7) is 1.54. The molecule has 0 fully saturated rings. The van der Waals surface area contributed by atoms with Gasteiger partial charge in [0, 0.05) is 16.5 Å². The molecule has 4 nitrogen and oxygen atoms in total. The van der Waals surface area contributed by atoms with Gasteiger partial charge in [0.2, 0.25) is 0 Å². The highest BCUT2D eigenvalue weighted by atomic mass is 35.5. The van der Waals surface area contributed by atoms with Crippen LogP contribution in [0.1, 0.15) is 17.3 Å². The normalized spacial score (nSPS) is 10.7. The monoisotopic (exact) mass is 341 g/mol. The van der Waals surface area contributed by atoms with Gasteiger partial charge in [-0.3, -0.25) is 4.79 Å². The minimum absolute atomic E-state index is 0.0402. The van der Waals surface area contributed by atoms with Crippen LogP contribution in [0.15, 0.2) is 42.5 Å². The number of hydrogen-bond donors (Lipinski definition) is 0. The number of halogens is 1. The quantitative estimate of drug-likeness (QED) is 0.641. The Bertz CT molecular complexity index is 920. The highest BCUT2D eigenvalue weighted by molar-refractivity contribution is 6.33. The number of pyridine rings is 1. The topological polar surface area (TPSA) is 48.4 Å². The minimum atomic E-state index is -0.0402. The first-order valence-corrected chi connectivity index (χ1v) is 7.75. The minimum Gasteiger partial charge on any atom is -0.497 e. The molecule has 0 bridgehead atoms. The second-order valence-electron chi connectivity index (χ2n) is 5.34. The van der Waals surface area contributed by atoms with Gasteiger partial charge in [0.05, 0.1) is 30.5 Å². The van der Waals surface area contributed by atoms with E-state index in [-0.39, 0.29) is 5.78 Å². The molecule has 0 aliphatic rings. The smallest absolute Gasteiger partial charge is 0.160 e. The van der Waals surface area contributed by atoms with Crippen molar-refractivity contribution in [3.8, 4) is 22.8 Å². The maximum absolute atomic E-state index is 12.1. The lowest BCUT2D eigenvalue weighted by Gasteiger charge is -2.11. The van der Waals surface area contributed by atoms with E-state index in [1.54, 1.807) is 32.4 Å². The molecule has 0 unspecified atom stereocenters. The fraction of sp³-hybridized carbons (Fsp3) is 0.158. The molecule has 0 aliphatic carbocycles. The van der Waals surface area contributed by atoms with Crippen LogP contribution in [0, 0.1) is 0 Å². The van der Waals surface area contributed by atoms with Crippen molar-refractivity contribution in [3.05, 3.63) is 53.1 Å². The third kappa shape index (κ3) is 2.93. The van der Waals surface area contributed by atoms with Gasteiger partial charge in [-0.1, -0.05) is 11.6 Å². The van der Waals surface area contributed by atoms with Gasteiger partial charge in [0.1, 0.15) is 11.5 Å². The third-order valence-corrected chi connectivity index (χ3v) is 4.14.